The Kier molecular flexibility index (Phi) is 5.16. The van der Waals surface area contributed by atoms with Crippen molar-refractivity contribution in [1.82, 2.24) is 10.3 Å². The number of benzene rings is 1. The average molecular weight is 258 g/mol. The smallest absolute Gasteiger partial charge is 0.181 e. The van der Waals surface area contributed by atoms with Crippen molar-refractivity contribution in [2.24, 2.45) is 0 Å². The van der Waals surface area contributed by atoms with E-state index in [1.54, 1.807) is 6.39 Å². The van der Waals surface area contributed by atoms with Crippen molar-refractivity contribution in [3.05, 3.63) is 53.7 Å². The summed E-state index contributed by atoms with van der Waals surface area (Å²) < 4.78 is 5.48. The first-order valence-electron chi connectivity index (χ1n) is 6.94. The Bertz CT molecular complexity index is 477. The Morgan fingerprint density at radius 3 is 2.68 bits per heavy atom. The molecule has 0 aliphatic heterocycles. The van der Waals surface area contributed by atoms with Crippen LogP contribution in [0.4, 0.5) is 0 Å². The fourth-order valence-electron chi connectivity index (χ4n) is 2.04. The lowest BCUT2D eigenvalue weighted by atomic mass is 10.1. The summed E-state index contributed by atoms with van der Waals surface area (Å²) in [6.45, 7) is 5.05. The van der Waals surface area contributed by atoms with Gasteiger partial charge in [-0.2, -0.15) is 0 Å². The van der Waals surface area contributed by atoms with E-state index in [9.17, 15) is 0 Å². The summed E-state index contributed by atoms with van der Waals surface area (Å²) in [7, 11) is 0. The number of aromatic nitrogens is 1. The number of nitrogens with one attached hydrogen (secondary N) is 1. The summed E-state index contributed by atoms with van der Waals surface area (Å²) in [5.41, 5.74) is 2.42. The molecule has 1 N–H and O–H groups in total. The van der Waals surface area contributed by atoms with Crippen LogP contribution in [0.2, 0.25) is 0 Å². The van der Waals surface area contributed by atoms with E-state index >= 15 is 0 Å². The van der Waals surface area contributed by atoms with Crippen LogP contribution >= 0.6 is 0 Å². The standard InChI is InChI=1S/C16H22N2O/c1-13(2)17-11-15-16(19-12-18-15)10-6-9-14-7-4-3-5-8-14/h3-5,7-8,12-13,17H,6,9-11H2,1-2H3. The summed E-state index contributed by atoms with van der Waals surface area (Å²) >= 11 is 0. The van der Waals surface area contributed by atoms with E-state index in [0.717, 1.165) is 37.3 Å². The van der Waals surface area contributed by atoms with Gasteiger partial charge in [0, 0.05) is 19.0 Å². The Morgan fingerprint density at radius 2 is 1.95 bits per heavy atom. The van der Waals surface area contributed by atoms with Crippen molar-refractivity contribution in [3.8, 4) is 0 Å². The van der Waals surface area contributed by atoms with Gasteiger partial charge >= 0.3 is 0 Å². The van der Waals surface area contributed by atoms with Crippen LogP contribution in [0.5, 0.6) is 0 Å². The summed E-state index contributed by atoms with van der Waals surface area (Å²) in [5.74, 6) is 1.02. The highest BCUT2D eigenvalue weighted by molar-refractivity contribution is 5.15. The largest absolute Gasteiger partial charge is 0.448 e. The van der Waals surface area contributed by atoms with Gasteiger partial charge in [-0.3, -0.25) is 0 Å². The number of hydrogen-bond donors (Lipinski definition) is 1. The molecular formula is C16H22N2O. The minimum atomic E-state index is 0.467. The molecule has 1 aromatic heterocycles. The van der Waals surface area contributed by atoms with Gasteiger partial charge < -0.3 is 9.73 Å². The van der Waals surface area contributed by atoms with E-state index in [-0.39, 0.29) is 0 Å². The molecule has 0 saturated carbocycles. The molecule has 0 saturated heterocycles. The molecule has 0 aliphatic rings. The third-order valence-corrected chi connectivity index (χ3v) is 3.12. The summed E-state index contributed by atoms with van der Waals surface area (Å²) in [4.78, 5) is 4.28. The van der Waals surface area contributed by atoms with Gasteiger partial charge in [-0.25, -0.2) is 4.98 Å². The molecule has 3 heteroatoms. The third-order valence-electron chi connectivity index (χ3n) is 3.12. The molecule has 1 heterocycles. The molecule has 0 spiro atoms. The highest BCUT2D eigenvalue weighted by atomic mass is 16.3. The number of aryl methyl sites for hydroxylation is 2. The predicted octanol–water partition coefficient (Wildman–Crippen LogP) is 3.35. The third kappa shape index (κ3) is 4.52. The molecule has 1 aromatic carbocycles. The van der Waals surface area contributed by atoms with E-state index in [0.29, 0.717) is 6.04 Å². The van der Waals surface area contributed by atoms with E-state index in [2.05, 4.69) is 54.5 Å². The van der Waals surface area contributed by atoms with E-state index in [4.69, 9.17) is 4.42 Å². The normalized spacial score (nSPS) is 11.1. The van der Waals surface area contributed by atoms with Crippen LogP contribution in [-0.2, 0) is 19.4 Å². The average Bonchev–Trinajstić information content (AvgIpc) is 2.85. The van der Waals surface area contributed by atoms with Crippen molar-refractivity contribution >= 4 is 0 Å². The zero-order valence-corrected chi connectivity index (χ0v) is 11.7. The number of hydrogen-bond acceptors (Lipinski definition) is 3. The molecule has 2 rings (SSSR count). The maximum atomic E-state index is 5.48. The van der Waals surface area contributed by atoms with Gasteiger partial charge in [-0.05, 0) is 18.4 Å². The summed E-state index contributed by atoms with van der Waals surface area (Å²) in [6.07, 6.45) is 4.67. The molecule has 19 heavy (non-hydrogen) atoms. The topological polar surface area (TPSA) is 38.1 Å². The first kappa shape index (κ1) is 13.8. The van der Waals surface area contributed by atoms with Crippen LogP contribution in [0.1, 0.15) is 37.3 Å². The van der Waals surface area contributed by atoms with Crippen LogP contribution in [0.25, 0.3) is 0 Å². The van der Waals surface area contributed by atoms with E-state index in [1.165, 1.54) is 5.56 Å². The molecule has 0 amide bonds. The van der Waals surface area contributed by atoms with Gasteiger partial charge in [-0.1, -0.05) is 44.2 Å². The van der Waals surface area contributed by atoms with Gasteiger partial charge in [0.25, 0.3) is 0 Å². The van der Waals surface area contributed by atoms with Crippen molar-refractivity contribution < 1.29 is 4.42 Å². The Hall–Kier alpha value is -1.61. The molecule has 102 valence electrons. The SMILES string of the molecule is CC(C)NCc1ncoc1CCCc1ccccc1. The minimum absolute atomic E-state index is 0.467. The van der Waals surface area contributed by atoms with E-state index < -0.39 is 0 Å². The van der Waals surface area contributed by atoms with Gasteiger partial charge in [0.1, 0.15) is 5.76 Å². The maximum absolute atomic E-state index is 5.48. The maximum Gasteiger partial charge on any atom is 0.181 e. The van der Waals surface area contributed by atoms with Gasteiger partial charge in [0.2, 0.25) is 0 Å². The van der Waals surface area contributed by atoms with Gasteiger partial charge in [-0.15, -0.1) is 0 Å². The van der Waals surface area contributed by atoms with Crippen LogP contribution in [0.15, 0.2) is 41.1 Å². The van der Waals surface area contributed by atoms with Crippen LogP contribution < -0.4 is 5.32 Å². The quantitative estimate of drug-likeness (QED) is 0.827. The monoisotopic (exact) mass is 258 g/mol. The number of rotatable bonds is 7. The lowest BCUT2D eigenvalue weighted by molar-refractivity contribution is 0.488. The van der Waals surface area contributed by atoms with Crippen molar-refractivity contribution in [2.75, 3.05) is 0 Å². The zero-order valence-electron chi connectivity index (χ0n) is 11.7. The zero-order chi connectivity index (χ0) is 13.5. The first-order chi connectivity index (χ1) is 9.25. The Balaban J connectivity index is 1.81. The van der Waals surface area contributed by atoms with Crippen molar-refractivity contribution in [3.63, 3.8) is 0 Å². The number of oxazole rings is 1. The summed E-state index contributed by atoms with van der Waals surface area (Å²) in [5, 5.41) is 3.37. The number of nitrogens with zero attached hydrogens (tertiary/aromatic N) is 1. The Labute approximate surface area is 115 Å². The highest BCUT2D eigenvalue weighted by Gasteiger charge is 2.08. The molecule has 0 unspecified atom stereocenters. The first-order valence-corrected chi connectivity index (χ1v) is 6.94. The van der Waals surface area contributed by atoms with Gasteiger partial charge in [0.05, 0.1) is 5.69 Å². The fraction of sp³-hybridized carbons (Fsp3) is 0.438. The Morgan fingerprint density at radius 1 is 1.16 bits per heavy atom. The lowest BCUT2D eigenvalue weighted by Crippen LogP contribution is -2.22. The molecule has 3 nitrogen and oxygen atoms in total. The van der Waals surface area contributed by atoms with Crippen LogP contribution in [-0.4, -0.2) is 11.0 Å². The minimum Gasteiger partial charge on any atom is -0.448 e. The van der Waals surface area contributed by atoms with Crippen LogP contribution in [0.3, 0.4) is 0 Å². The molecular weight excluding hydrogens is 236 g/mol. The fourth-order valence-corrected chi connectivity index (χ4v) is 2.04. The highest BCUT2D eigenvalue weighted by Crippen LogP contribution is 2.12. The second kappa shape index (κ2) is 7.10. The second-order valence-corrected chi connectivity index (χ2v) is 5.10. The molecule has 0 atom stereocenters. The van der Waals surface area contributed by atoms with Crippen LogP contribution in [0, 0.1) is 0 Å². The molecule has 0 aliphatic carbocycles. The molecule has 2 aromatic rings. The van der Waals surface area contributed by atoms with Gasteiger partial charge in [0.15, 0.2) is 6.39 Å². The van der Waals surface area contributed by atoms with E-state index in [1.807, 2.05) is 0 Å². The lowest BCUT2D eigenvalue weighted by Gasteiger charge is -2.07. The van der Waals surface area contributed by atoms with Crippen molar-refractivity contribution in [2.45, 2.75) is 45.7 Å². The van der Waals surface area contributed by atoms with Crippen molar-refractivity contribution in [1.29, 1.82) is 0 Å². The molecule has 0 fully saturated rings. The second-order valence-electron chi connectivity index (χ2n) is 5.10. The molecule has 0 bridgehead atoms. The predicted molar refractivity (Wildman–Crippen MR) is 76.9 cm³/mol. The molecule has 0 radical (unpaired) electrons. The summed E-state index contributed by atoms with van der Waals surface area (Å²) in [6, 6.07) is 11.0.